The predicted octanol–water partition coefficient (Wildman–Crippen LogP) is 2.50. The van der Waals surface area contributed by atoms with Gasteiger partial charge in [0.05, 0.1) is 17.6 Å². The van der Waals surface area contributed by atoms with Crippen molar-refractivity contribution in [2.45, 2.75) is 25.8 Å². The fourth-order valence-electron chi connectivity index (χ4n) is 3.38. The Kier molecular flexibility index (Phi) is 3.96. The molecule has 0 amide bonds. The van der Waals surface area contributed by atoms with Crippen LogP contribution < -0.4 is 10.1 Å². The topological polar surface area (TPSA) is 67.6 Å². The van der Waals surface area contributed by atoms with Gasteiger partial charge in [0, 0.05) is 19.1 Å². The Balaban J connectivity index is 1.79. The normalized spacial score (nSPS) is 27.4. The molecule has 6 heteroatoms. The SMILES string of the molecule is CCOc1ccc(NC2CCN3CCC2C3)c([N+](=O)[O-])c1. The van der Waals surface area contributed by atoms with Crippen LogP contribution in [-0.4, -0.2) is 42.1 Å². The van der Waals surface area contributed by atoms with Gasteiger partial charge >= 0.3 is 0 Å². The zero-order valence-electron chi connectivity index (χ0n) is 12.2. The van der Waals surface area contributed by atoms with E-state index in [1.807, 2.05) is 6.92 Å². The minimum atomic E-state index is -0.339. The van der Waals surface area contributed by atoms with Crippen molar-refractivity contribution in [3.8, 4) is 5.75 Å². The third-order valence-corrected chi connectivity index (χ3v) is 4.45. The highest BCUT2D eigenvalue weighted by molar-refractivity contribution is 5.64. The smallest absolute Gasteiger partial charge is 0.296 e. The van der Waals surface area contributed by atoms with Crippen molar-refractivity contribution in [3.63, 3.8) is 0 Å². The Bertz CT molecular complexity index is 535. The number of fused-ring (bicyclic) bond motifs is 2. The number of hydrogen-bond donors (Lipinski definition) is 1. The minimum Gasteiger partial charge on any atom is -0.494 e. The predicted molar refractivity (Wildman–Crippen MR) is 80.8 cm³/mol. The lowest BCUT2D eigenvalue weighted by Crippen LogP contribution is -2.39. The maximum Gasteiger partial charge on any atom is 0.296 e. The van der Waals surface area contributed by atoms with E-state index < -0.39 is 0 Å². The van der Waals surface area contributed by atoms with E-state index in [4.69, 9.17) is 4.74 Å². The number of hydrogen-bond acceptors (Lipinski definition) is 5. The summed E-state index contributed by atoms with van der Waals surface area (Å²) < 4.78 is 5.35. The summed E-state index contributed by atoms with van der Waals surface area (Å²) in [4.78, 5) is 13.4. The fraction of sp³-hybridized carbons (Fsp3) is 0.600. The standard InChI is InChI=1S/C15H21N3O3/c1-2-21-12-3-4-14(15(9-12)18(19)20)16-13-6-8-17-7-5-11(13)10-17/h3-4,9,11,13,16H,2,5-8,10H2,1H3. The van der Waals surface area contributed by atoms with Crippen molar-refractivity contribution < 1.29 is 9.66 Å². The van der Waals surface area contributed by atoms with E-state index in [2.05, 4.69) is 10.2 Å². The van der Waals surface area contributed by atoms with E-state index >= 15 is 0 Å². The van der Waals surface area contributed by atoms with Crippen LogP contribution in [0.1, 0.15) is 19.8 Å². The summed E-state index contributed by atoms with van der Waals surface area (Å²) in [7, 11) is 0. The summed E-state index contributed by atoms with van der Waals surface area (Å²) in [6.07, 6.45) is 2.23. The average molecular weight is 291 g/mol. The second kappa shape index (κ2) is 5.89. The van der Waals surface area contributed by atoms with Crippen molar-refractivity contribution in [2.24, 2.45) is 5.92 Å². The molecule has 0 aromatic heterocycles. The van der Waals surface area contributed by atoms with Crippen molar-refractivity contribution in [2.75, 3.05) is 31.6 Å². The average Bonchev–Trinajstić information content (AvgIpc) is 2.86. The molecule has 3 rings (SSSR count). The lowest BCUT2D eigenvalue weighted by Gasteiger charge is -2.31. The van der Waals surface area contributed by atoms with Crippen LogP contribution in [0.25, 0.3) is 0 Å². The summed E-state index contributed by atoms with van der Waals surface area (Å²) in [6.45, 7) is 5.73. The van der Waals surface area contributed by atoms with Gasteiger partial charge in [-0.05, 0) is 44.4 Å². The highest BCUT2D eigenvalue weighted by Gasteiger charge is 2.35. The lowest BCUT2D eigenvalue weighted by atomic mass is 9.94. The van der Waals surface area contributed by atoms with Crippen LogP contribution in [0.4, 0.5) is 11.4 Å². The van der Waals surface area contributed by atoms with Crippen molar-refractivity contribution >= 4 is 11.4 Å². The molecule has 0 radical (unpaired) electrons. The number of rotatable bonds is 5. The van der Waals surface area contributed by atoms with Crippen molar-refractivity contribution in [1.29, 1.82) is 0 Å². The van der Waals surface area contributed by atoms with Gasteiger partial charge in [-0.1, -0.05) is 0 Å². The summed E-state index contributed by atoms with van der Waals surface area (Å²) in [6, 6.07) is 5.41. The van der Waals surface area contributed by atoms with Crippen LogP contribution in [0.2, 0.25) is 0 Å². The molecule has 1 N–H and O–H groups in total. The molecule has 2 aliphatic heterocycles. The largest absolute Gasteiger partial charge is 0.494 e. The summed E-state index contributed by atoms with van der Waals surface area (Å²) in [5.74, 6) is 1.15. The maximum atomic E-state index is 11.3. The number of nitro benzene ring substituents is 1. The third-order valence-electron chi connectivity index (χ3n) is 4.45. The highest BCUT2D eigenvalue weighted by Crippen LogP contribution is 2.34. The van der Waals surface area contributed by atoms with E-state index in [9.17, 15) is 10.1 Å². The molecule has 0 saturated carbocycles. The van der Waals surface area contributed by atoms with Gasteiger partial charge in [0.2, 0.25) is 0 Å². The number of nitrogens with zero attached hydrogens (tertiary/aromatic N) is 2. The second-order valence-corrected chi connectivity index (χ2v) is 5.76. The van der Waals surface area contributed by atoms with Gasteiger partial charge in [0.1, 0.15) is 11.4 Å². The Hall–Kier alpha value is -1.82. The fourth-order valence-corrected chi connectivity index (χ4v) is 3.38. The first kappa shape index (κ1) is 14.1. The lowest BCUT2D eigenvalue weighted by molar-refractivity contribution is -0.384. The molecule has 114 valence electrons. The molecule has 2 saturated heterocycles. The van der Waals surface area contributed by atoms with E-state index in [1.54, 1.807) is 12.1 Å². The van der Waals surface area contributed by atoms with Crippen LogP contribution in [0.3, 0.4) is 0 Å². The molecule has 21 heavy (non-hydrogen) atoms. The molecule has 2 aliphatic rings. The molecule has 3 unspecified atom stereocenters. The Morgan fingerprint density at radius 1 is 1.43 bits per heavy atom. The van der Waals surface area contributed by atoms with Crippen LogP contribution in [0.5, 0.6) is 5.75 Å². The minimum absolute atomic E-state index is 0.0985. The second-order valence-electron chi connectivity index (χ2n) is 5.76. The summed E-state index contributed by atoms with van der Waals surface area (Å²) in [5, 5.41) is 14.7. The number of nitrogens with one attached hydrogen (secondary N) is 1. The molecule has 1 aromatic rings. The maximum absolute atomic E-state index is 11.3. The van der Waals surface area contributed by atoms with Gasteiger partial charge in [-0.2, -0.15) is 0 Å². The molecule has 2 fully saturated rings. The molecule has 2 bridgehead atoms. The van der Waals surface area contributed by atoms with Gasteiger partial charge in [-0.25, -0.2) is 0 Å². The van der Waals surface area contributed by atoms with Crippen LogP contribution in [0.15, 0.2) is 18.2 Å². The monoisotopic (exact) mass is 291 g/mol. The third kappa shape index (κ3) is 2.95. The molecule has 3 atom stereocenters. The molecule has 0 aliphatic carbocycles. The van der Waals surface area contributed by atoms with Crippen LogP contribution in [0, 0.1) is 16.0 Å². The quantitative estimate of drug-likeness (QED) is 0.667. The summed E-state index contributed by atoms with van der Waals surface area (Å²) in [5.41, 5.74) is 0.704. The van der Waals surface area contributed by atoms with Crippen LogP contribution in [-0.2, 0) is 0 Å². The summed E-state index contributed by atoms with van der Waals surface area (Å²) >= 11 is 0. The number of piperidine rings is 1. The molecule has 2 heterocycles. The van der Waals surface area contributed by atoms with Gasteiger partial charge in [-0.3, -0.25) is 10.1 Å². The van der Waals surface area contributed by atoms with E-state index in [0.717, 1.165) is 26.1 Å². The van der Waals surface area contributed by atoms with Crippen molar-refractivity contribution in [1.82, 2.24) is 4.90 Å². The Labute approximate surface area is 124 Å². The van der Waals surface area contributed by atoms with Crippen LogP contribution >= 0.6 is 0 Å². The Morgan fingerprint density at radius 2 is 2.24 bits per heavy atom. The zero-order chi connectivity index (χ0) is 14.8. The van der Waals surface area contributed by atoms with Gasteiger partial charge in [0.25, 0.3) is 5.69 Å². The highest BCUT2D eigenvalue weighted by atomic mass is 16.6. The number of anilines is 1. The number of nitro groups is 1. The van der Waals surface area contributed by atoms with E-state index in [0.29, 0.717) is 30.0 Å². The molecular weight excluding hydrogens is 270 g/mol. The number of ether oxygens (including phenoxy) is 1. The zero-order valence-corrected chi connectivity index (χ0v) is 12.2. The molecule has 6 nitrogen and oxygen atoms in total. The first-order valence-corrected chi connectivity index (χ1v) is 7.57. The van der Waals surface area contributed by atoms with Gasteiger partial charge < -0.3 is 15.0 Å². The number of benzene rings is 1. The first-order valence-electron chi connectivity index (χ1n) is 7.57. The Morgan fingerprint density at radius 3 is 3.00 bits per heavy atom. The van der Waals surface area contributed by atoms with Gasteiger partial charge in [-0.15, -0.1) is 0 Å². The van der Waals surface area contributed by atoms with Crippen molar-refractivity contribution in [3.05, 3.63) is 28.3 Å². The molecule has 1 aromatic carbocycles. The van der Waals surface area contributed by atoms with E-state index in [-0.39, 0.29) is 10.6 Å². The van der Waals surface area contributed by atoms with Gasteiger partial charge in [0.15, 0.2) is 0 Å². The molecular formula is C15H21N3O3. The molecule has 0 spiro atoms. The first-order chi connectivity index (χ1) is 10.2. The van der Waals surface area contributed by atoms with E-state index in [1.165, 1.54) is 12.5 Å².